The molecule has 0 spiro atoms. The van der Waals surface area contributed by atoms with Crippen LogP contribution in [0.5, 0.6) is 0 Å². The highest BCUT2D eigenvalue weighted by Gasteiger charge is 2.05. The highest BCUT2D eigenvalue weighted by Crippen LogP contribution is 2.21. The molecule has 0 amide bonds. The van der Waals surface area contributed by atoms with Crippen LogP contribution in [-0.4, -0.2) is 21.5 Å². The Morgan fingerprint density at radius 3 is 2.62 bits per heavy atom. The summed E-state index contributed by atoms with van der Waals surface area (Å²) >= 11 is 3.38. The Hall–Kier alpha value is -2.21. The van der Waals surface area contributed by atoms with E-state index in [4.69, 9.17) is 0 Å². The van der Waals surface area contributed by atoms with Gasteiger partial charge in [0.05, 0.1) is 17.6 Å². The molecule has 2 rings (SSSR count). The van der Waals surface area contributed by atoms with E-state index in [1.807, 2.05) is 52.0 Å². The number of hydrogen-bond donors (Lipinski definition) is 2. The van der Waals surface area contributed by atoms with Crippen molar-refractivity contribution >= 4 is 45.5 Å². The number of nitrogens with zero attached hydrogens (tertiary/aromatic N) is 3. The molecular weight excluding hydrogens is 366 g/mol. The van der Waals surface area contributed by atoms with Crippen LogP contribution >= 0.6 is 15.9 Å². The van der Waals surface area contributed by atoms with Crippen molar-refractivity contribution in [1.82, 2.24) is 15.0 Å². The monoisotopic (exact) mass is 389 g/mol. The first kappa shape index (κ1) is 19.8. The highest BCUT2D eigenvalue weighted by molar-refractivity contribution is 9.10. The first-order chi connectivity index (χ1) is 11.7. The maximum atomic E-state index is 4.43. The zero-order chi connectivity index (χ0) is 17.9. The Morgan fingerprint density at radius 2 is 2.00 bits per heavy atom. The molecule has 0 aliphatic rings. The van der Waals surface area contributed by atoms with E-state index in [9.17, 15) is 0 Å². The molecule has 2 aromatic rings. The molecule has 0 bridgehead atoms. The molecule has 0 aliphatic heterocycles. The third kappa shape index (κ3) is 5.77. The second-order valence-corrected chi connectivity index (χ2v) is 5.27. The Morgan fingerprint density at radius 1 is 1.25 bits per heavy atom. The van der Waals surface area contributed by atoms with E-state index in [-0.39, 0.29) is 0 Å². The second-order valence-electron chi connectivity index (χ2n) is 4.46. The Labute approximate surface area is 152 Å². The van der Waals surface area contributed by atoms with Gasteiger partial charge in [-0.15, -0.1) is 0 Å². The van der Waals surface area contributed by atoms with Crippen LogP contribution in [0.3, 0.4) is 0 Å². The molecule has 0 saturated carbocycles. The predicted octanol–water partition coefficient (Wildman–Crippen LogP) is 5.51. The van der Waals surface area contributed by atoms with Crippen LogP contribution in [-0.2, 0) is 0 Å². The molecule has 0 saturated heterocycles. The van der Waals surface area contributed by atoms with Gasteiger partial charge in [0.15, 0.2) is 0 Å². The third-order valence-electron chi connectivity index (χ3n) is 2.80. The van der Waals surface area contributed by atoms with Gasteiger partial charge < -0.3 is 10.6 Å². The number of pyridine rings is 1. The SMILES string of the molecule is C=Cc1cc(Nc2cc(Br)nc(NCC)n2)cnc1/C=C\C.CC. The van der Waals surface area contributed by atoms with E-state index < -0.39 is 0 Å². The lowest BCUT2D eigenvalue weighted by molar-refractivity contribution is 1.07. The molecule has 0 atom stereocenters. The topological polar surface area (TPSA) is 62.7 Å². The highest BCUT2D eigenvalue weighted by atomic mass is 79.9. The molecule has 0 aromatic carbocycles. The van der Waals surface area contributed by atoms with E-state index in [0.717, 1.165) is 23.5 Å². The third-order valence-corrected chi connectivity index (χ3v) is 3.20. The van der Waals surface area contributed by atoms with Crippen molar-refractivity contribution in [2.24, 2.45) is 0 Å². The molecule has 0 radical (unpaired) electrons. The van der Waals surface area contributed by atoms with Crippen molar-refractivity contribution in [3.63, 3.8) is 0 Å². The fourth-order valence-corrected chi connectivity index (χ4v) is 2.27. The largest absolute Gasteiger partial charge is 0.354 e. The van der Waals surface area contributed by atoms with E-state index in [1.165, 1.54) is 0 Å². The Balaban J connectivity index is 0.00000139. The van der Waals surface area contributed by atoms with Gasteiger partial charge in [-0.3, -0.25) is 4.98 Å². The number of nitrogens with one attached hydrogen (secondary N) is 2. The molecule has 2 heterocycles. The molecule has 2 N–H and O–H groups in total. The summed E-state index contributed by atoms with van der Waals surface area (Å²) in [5, 5.41) is 6.32. The quantitative estimate of drug-likeness (QED) is 0.637. The van der Waals surface area contributed by atoms with Crippen LogP contribution in [0, 0.1) is 0 Å². The summed E-state index contributed by atoms with van der Waals surface area (Å²) in [7, 11) is 0. The lowest BCUT2D eigenvalue weighted by Gasteiger charge is -2.10. The fourth-order valence-electron chi connectivity index (χ4n) is 1.89. The zero-order valence-electron chi connectivity index (χ0n) is 14.6. The summed E-state index contributed by atoms with van der Waals surface area (Å²) < 4.78 is 0.711. The van der Waals surface area contributed by atoms with Crippen molar-refractivity contribution < 1.29 is 0 Å². The van der Waals surface area contributed by atoms with E-state index >= 15 is 0 Å². The van der Waals surface area contributed by atoms with Crippen LogP contribution in [0.2, 0.25) is 0 Å². The van der Waals surface area contributed by atoms with Crippen molar-refractivity contribution in [2.75, 3.05) is 17.2 Å². The summed E-state index contributed by atoms with van der Waals surface area (Å²) in [4.78, 5) is 13.1. The van der Waals surface area contributed by atoms with Gasteiger partial charge in [-0.05, 0) is 41.9 Å². The van der Waals surface area contributed by atoms with E-state index in [0.29, 0.717) is 16.4 Å². The normalized spacial score (nSPS) is 10.0. The molecule has 5 nitrogen and oxygen atoms in total. The average Bonchev–Trinajstić information content (AvgIpc) is 2.58. The number of hydrogen-bond acceptors (Lipinski definition) is 5. The zero-order valence-corrected chi connectivity index (χ0v) is 16.2. The van der Waals surface area contributed by atoms with Gasteiger partial charge in [0.2, 0.25) is 5.95 Å². The molecule has 24 heavy (non-hydrogen) atoms. The number of halogens is 1. The molecule has 6 heteroatoms. The second kappa shape index (κ2) is 10.5. The van der Waals surface area contributed by atoms with Gasteiger partial charge in [-0.1, -0.05) is 32.6 Å². The Kier molecular flexibility index (Phi) is 8.71. The van der Waals surface area contributed by atoms with Crippen LogP contribution in [0.4, 0.5) is 17.5 Å². The van der Waals surface area contributed by atoms with Crippen LogP contribution in [0.25, 0.3) is 12.2 Å². The fraction of sp³-hybridized carbons (Fsp3) is 0.278. The van der Waals surface area contributed by atoms with E-state index in [2.05, 4.69) is 48.1 Å². The maximum Gasteiger partial charge on any atom is 0.225 e. The minimum Gasteiger partial charge on any atom is -0.354 e. The maximum absolute atomic E-state index is 4.43. The van der Waals surface area contributed by atoms with Gasteiger partial charge in [0.25, 0.3) is 0 Å². The first-order valence-electron chi connectivity index (χ1n) is 7.97. The summed E-state index contributed by atoms with van der Waals surface area (Å²) in [6.07, 6.45) is 7.46. The molecule has 0 unspecified atom stereocenters. The number of aromatic nitrogens is 3. The van der Waals surface area contributed by atoms with Crippen LogP contribution < -0.4 is 10.6 Å². The summed E-state index contributed by atoms with van der Waals surface area (Å²) in [5.74, 6) is 1.26. The van der Waals surface area contributed by atoms with Gasteiger partial charge in [-0.2, -0.15) is 4.98 Å². The number of allylic oxidation sites excluding steroid dienone is 1. The lowest BCUT2D eigenvalue weighted by atomic mass is 10.1. The molecular formula is C18H24BrN5. The summed E-state index contributed by atoms with van der Waals surface area (Å²) in [5.41, 5.74) is 2.69. The van der Waals surface area contributed by atoms with Gasteiger partial charge in [-0.25, -0.2) is 4.98 Å². The Bertz CT molecular complexity index is 698. The molecule has 0 aliphatic carbocycles. The van der Waals surface area contributed by atoms with Gasteiger partial charge >= 0.3 is 0 Å². The minimum absolute atomic E-state index is 0.571. The van der Waals surface area contributed by atoms with Crippen molar-refractivity contribution in [3.05, 3.63) is 46.8 Å². The minimum atomic E-state index is 0.571. The lowest BCUT2D eigenvalue weighted by Crippen LogP contribution is -2.04. The van der Waals surface area contributed by atoms with Gasteiger partial charge in [0, 0.05) is 18.2 Å². The predicted molar refractivity (Wildman–Crippen MR) is 108 cm³/mol. The molecule has 128 valence electrons. The number of anilines is 3. The average molecular weight is 390 g/mol. The smallest absolute Gasteiger partial charge is 0.225 e. The summed E-state index contributed by atoms with van der Waals surface area (Å²) in [6.45, 7) is 12.5. The summed E-state index contributed by atoms with van der Waals surface area (Å²) in [6, 6.07) is 3.80. The van der Waals surface area contributed by atoms with Crippen molar-refractivity contribution in [3.8, 4) is 0 Å². The van der Waals surface area contributed by atoms with Crippen molar-refractivity contribution in [2.45, 2.75) is 27.7 Å². The first-order valence-corrected chi connectivity index (χ1v) is 8.76. The number of rotatable bonds is 6. The van der Waals surface area contributed by atoms with E-state index in [1.54, 1.807) is 12.3 Å². The molecule has 2 aromatic heterocycles. The van der Waals surface area contributed by atoms with Crippen LogP contribution in [0.15, 0.2) is 35.6 Å². The molecule has 0 fully saturated rings. The van der Waals surface area contributed by atoms with Crippen molar-refractivity contribution in [1.29, 1.82) is 0 Å². The van der Waals surface area contributed by atoms with Crippen LogP contribution in [0.1, 0.15) is 39.0 Å². The standard InChI is InChI=1S/C16H18BrN5.C2H6/c1-4-7-13-11(5-2)8-12(10-19-13)20-15-9-14(17)21-16(22-15)18-6-3;1-2/h4-5,7-10H,2,6H2,1,3H3,(H2,18,20,21,22);1-2H3/b7-4-;. The van der Waals surface area contributed by atoms with Gasteiger partial charge in [0.1, 0.15) is 10.4 Å².